The molecule has 0 spiro atoms. The highest BCUT2D eigenvalue weighted by molar-refractivity contribution is 6.00. The molecule has 1 amide bonds. The van der Waals surface area contributed by atoms with Crippen LogP contribution in [0.4, 0.5) is 11.4 Å². The van der Waals surface area contributed by atoms with Crippen LogP contribution in [-0.4, -0.2) is 26.8 Å². The fraction of sp³-hybridized carbons (Fsp3) is 0.312. The number of nitro groups is 1. The number of nitrogens with two attached hydrogens (primary N) is 1. The lowest BCUT2D eigenvalue weighted by molar-refractivity contribution is -0.384. The van der Waals surface area contributed by atoms with E-state index in [9.17, 15) is 14.9 Å². The van der Waals surface area contributed by atoms with Gasteiger partial charge in [0.05, 0.1) is 16.5 Å². The Morgan fingerprint density at radius 2 is 2.17 bits per heavy atom. The summed E-state index contributed by atoms with van der Waals surface area (Å²) in [5, 5.41) is 10.9. The predicted octanol–water partition coefficient (Wildman–Crippen LogP) is 2.59. The van der Waals surface area contributed by atoms with E-state index in [0.29, 0.717) is 13.1 Å². The summed E-state index contributed by atoms with van der Waals surface area (Å²) in [6.45, 7) is 3.28. The van der Waals surface area contributed by atoms with Gasteiger partial charge in [0.15, 0.2) is 0 Å². The van der Waals surface area contributed by atoms with E-state index in [2.05, 4.69) is 4.57 Å². The Balaban J connectivity index is 1.97. The first-order valence-corrected chi connectivity index (χ1v) is 7.53. The Morgan fingerprint density at radius 1 is 1.39 bits per heavy atom. The minimum Gasteiger partial charge on any atom is -0.398 e. The number of nitrogen functional groups attached to an aromatic ring is 1. The molecule has 0 aliphatic carbocycles. The first kappa shape index (κ1) is 15.1. The summed E-state index contributed by atoms with van der Waals surface area (Å²) < 4.78 is 2.13. The number of fused-ring (bicyclic) bond motifs is 1. The molecule has 7 nitrogen and oxygen atoms in total. The molecule has 0 saturated heterocycles. The monoisotopic (exact) mass is 314 g/mol. The maximum absolute atomic E-state index is 12.9. The highest BCUT2D eigenvalue weighted by atomic mass is 16.6. The van der Waals surface area contributed by atoms with E-state index in [-0.39, 0.29) is 28.9 Å². The van der Waals surface area contributed by atoms with Gasteiger partial charge in [-0.25, -0.2) is 0 Å². The first-order chi connectivity index (χ1) is 11.0. The third kappa shape index (κ3) is 2.54. The second-order valence-corrected chi connectivity index (χ2v) is 5.58. The number of carbonyl (C=O) groups excluding carboxylic acids is 1. The fourth-order valence-corrected chi connectivity index (χ4v) is 3.13. The summed E-state index contributed by atoms with van der Waals surface area (Å²) >= 11 is 0. The van der Waals surface area contributed by atoms with Crippen LogP contribution in [0.2, 0.25) is 0 Å². The van der Waals surface area contributed by atoms with E-state index >= 15 is 0 Å². The normalized spacial score (nSPS) is 16.9. The molecule has 120 valence electrons. The lowest BCUT2D eigenvalue weighted by Gasteiger charge is -2.36. The Labute approximate surface area is 133 Å². The van der Waals surface area contributed by atoms with Gasteiger partial charge in [-0.05, 0) is 24.6 Å². The second kappa shape index (κ2) is 5.75. The molecule has 1 atom stereocenters. The lowest BCUT2D eigenvalue weighted by atomic mass is 10.0. The Bertz CT molecular complexity index is 768. The maximum atomic E-state index is 12.9. The second-order valence-electron chi connectivity index (χ2n) is 5.58. The third-order valence-electron chi connectivity index (χ3n) is 4.29. The van der Waals surface area contributed by atoms with Crippen LogP contribution in [0, 0.1) is 10.1 Å². The average Bonchev–Trinajstić information content (AvgIpc) is 3.02. The molecule has 0 fully saturated rings. The standard InChI is InChI=1S/C16H18N4O3/c1-2-14-15-4-3-7-18(15)8-9-19(14)16(21)12-10-11(20(22)23)5-6-13(12)17/h3-7,10,14H,2,8-9,17H2,1H3/t14-/m1/s1. The quantitative estimate of drug-likeness (QED) is 0.535. The molecular formula is C16H18N4O3. The number of anilines is 1. The maximum Gasteiger partial charge on any atom is 0.270 e. The van der Waals surface area contributed by atoms with E-state index in [1.54, 1.807) is 4.90 Å². The van der Waals surface area contributed by atoms with Gasteiger partial charge in [0, 0.05) is 42.8 Å². The molecule has 2 aromatic rings. The van der Waals surface area contributed by atoms with Crippen LogP contribution in [0.15, 0.2) is 36.5 Å². The summed E-state index contributed by atoms with van der Waals surface area (Å²) in [4.78, 5) is 25.1. The number of rotatable bonds is 3. The summed E-state index contributed by atoms with van der Waals surface area (Å²) in [6.07, 6.45) is 2.77. The summed E-state index contributed by atoms with van der Waals surface area (Å²) in [5.41, 5.74) is 7.29. The SMILES string of the molecule is CC[C@@H]1c2cccn2CCN1C(=O)c1cc([N+](=O)[O-])ccc1N. The van der Waals surface area contributed by atoms with Crippen LogP contribution in [0.25, 0.3) is 0 Å². The molecule has 0 radical (unpaired) electrons. The zero-order chi connectivity index (χ0) is 16.6. The zero-order valence-electron chi connectivity index (χ0n) is 12.8. The van der Waals surface area contributed by atoms with Crippen LogP contribution in [0.3, 0.4) is 0 Å². The van der Waals surface area contributed by atoms with Gasteiger partial charge in [0.2, 0.25) is 0 Å². The van der Waals surface area contributed by atoms with Crippen molar-refractivity contribution in [1.82, 2.24) is 9.47 Å². The molecule has 0 unspecified atom stereocenters. The van der Waals surface area contributed by atoms with Crippen molar-refractivity contribution in [3.63, 3.8) is 0 Å². The number of benzene rings is 1. The van der Waals surface area contributed by atoms with Crippen LogP contribution in [0.1, 0.15) is 35.4 Å². The highest BCUT2D eigenvalue weighted by Crippen LogP contribution is 2.31. The van der Waals surface area contributed by atoms with E-state index in [1.165, 1.54) is 18.2 Å². The number of aromatic nitrogens is 1. The molecule has 23 heavy (non-hydrogen) atoms. The van der Waals surface area contributed by atoms with Crippen LogP contribution < -0.4 is 5.73 Å². The van der Waals surface area contributed by atoms with Crippen molar-refractivity contribution in [3.8, 4) is 0 Å². The van der Waals surface area contributed by atoms with Crippen molar-refractivity contribution in [2.75, 3.05) is 12.3 Å². The molecule has 3 rings (SSSR count). The van der Waals surface area contributed by atoms with E-state index in [0.717, 1.165) is 12.1 Å². The van der Waals surface area contributed by atoms with E-state index < -0.39 is 4.92 Å². The minimum atomic E-state index is -0.519. The van der Waals surface area contributed by atoms with Crippen molar-refractivity contribution in [2.45, 2.75) is 25.9 Å². The van der Waals surface area contributed by atoms with E-state index in [1.807, 2.05) is 25.3 Å². The van der Waals surface area contributed by atoms with Crippen LogP contribution in [-0.2, 0) is 6.54 Å². The molecule has 2 heterocycles. The third-order valence-corrected chi connectivity index (χ3v) is 4.29. The van der Waals surface area contributed by atoms with Gasteiger partial charge in [0.25, 0.3) is 11.6 Å². The van der Waals surface area contributed by atoms with Gasteiger partial charge >= 0.3 is 0 Å². The number of non-ortho nitro benzene ring substituents is 1. The highest BCUT2D eigenvalue weighted by Gasteiger charge is 2.31. The Morgan fingerprint density at radius 3 is 2.87 bits per heavy atom. The summed E-state index contributed by atoms with van der Waals surface area (Å²) in [5.74, 6) is -0.259. The number of hydrogen-bond donors (Lipinski definition) is 1. The molecule has 1 aromatic heterocycles. The fourth-order valence-electron chi connectivity index (χ4n) is 3.13. The predicted molar refractivity (Wildman–Crippen MR) is 86.0 cm³/mol. The van der Waals surface area contributed by atoms with Crippen molar-refractivity contribution in [3.05, 3.63) is 57.9 Å². The van der Waals surface area contributed by atoms with Gasteiger partial charge in [-0.15, -0.1) is 0 Å². The molecule has 7 heteroatoms. The van der Waals surface area contributed by atoms with Gasteiger partial charge < -0.3 is 15.2 Å². The van der Waals surface area contributed by atoms with Crippen LogP contribution in [0.5, 0.6) is 0 Å². The molecule has 2 N–H and O–H groups in total. The number of carbonyl (C=O) groups is 1. The summed E-state index contributed by atoms with van der Waals surface area (Å²) in [6, 6.07) is 7.91. The number of amides is 1. The first-order valence-electron chi connectivity index (χ1n) is 7.53. The number of nitrogens with zero attached hydrogens (tertiary/aromatic N) is 3. The van der Waals surface area contributed by atoms with Crippen molar-refractivity contribution < 1.29 is 9.72 Å². The number of nitro benzene ring substituents is 1. The average molecular weight is 314 g/mol. The zero-order valence-corrected chi connectivity index (χ0v) is 12.8. The van der Waals surface area contributed by atoms with Crippen molar-refractivity contribution in [1.29, 1.82) is 0 Å². The van der Waals surface area contributed by atoms with Crippen molar-refractivity contribution >= 4 is 17.3 Å². The van der Waals surface area contributed by atoms with Gasteiger partial charge in [-0.2, -0.15) is 0 Å². The van der Waals surface area contributed by atoms with Gasteiger partial charge in [-0.3, -0.25) is 14.9 Å². The van der Waals surface area contributed by atoms with Gasteiger partial charge in [-0.1, -0.05) is 6.92 Å². The van der Waals surface area contributed by atoms with Crippen molar-refractivity contribution in [2.24, 2.45) is 0 Å². The molecule has 0 bridgehead atoms. The van der Waals surface area contributed by atoms with Gasteiger partial charge in [0.1, 0.15) is 0 Å². The lowest BCUT2D eigenvalue weighted by Crippen LogP contribution is -2.41. The smallest absolute Gasteiger partial charge is 0.270 e. The molecular weight excluding hydrogens is 296 g/mol. The van der Waals surface area contributed by atoms with E-state index in [4.69, 9.17) is 5.73 Å². The molecule has 1 aliphatic rings. The topological polar surface area (TPSA) is 94.4 Å². The molecule has 1 aromatic carbocycles. The molecule has 0 saturated carbocycles. The Hall–Kier alpha value is -2.83. The summed E-state index contributed by atoms with van der Waals surface area (Å²) in [7, 11) is 0. The minimum absolute atomic E-state index is 0.0510. The number of hydrogen-bond acceptors (Lipinski definition) is 4. The van der Waals surface area contributed by atoms with Crippen LogP contribution >= 0.6 is 0 Å². The largest absolute Gasteiger partial charge is 0.398 e. The Kier molecular flexibility index (Phi) is 3.77. The molecule has 1 aliphatic heterocycles.